The standard InChI is InChI=1S/C23H26F4N2O5/c1-13-5-3-7-16(9-13)19-29-18(14(2)34-19)12-33-11-15-6-4-8-17(10-15)28-20(30)22(24,25)23(26,27)21(31)32/h3,5,7,9,15,17H,4,6,8,10-12H2,1-2H3,(H,28,30)(H,31,32). The number of aromatic nitrogens is 1. The third-order valence-corrected chi connectivity index (χ3v) is 5.82. The minimum atomic E-state index is -5.50. The highest BCUT2D eigenvalue weighted by atomic mass is 19.3. The Bertz CT molecular complexity index is 1040. The predicted octanol–water partition coefficient (Wildman–Crippen LogP) is 4.51. The Labute approximate surface area is 193 Å². The number of ether oxygens (including phenoxy) is 1. The van der Waals surface area contributed by atoms with E-state index in [0.717, 1.165) is 11.1 Å². The van der Waals surface area contributed by atoms with Gasteiger partial charge in [0.05, 0.1) is 6.61 Å². The van der Waals surface area contributed by atoms with E-state index in [1.54, 1.807) is 6.92 Å². The van der Waals surface area contributed by atoms with Crippen LogP contribution in [-0.2, 0) is 20.9 Å². The first kappa shape index (κ1) is 25.7. The average Bonchev–Trinajstić information content (AvgIpc) is 3.14. The van der Waals surface area contributed by atoms with Crippen molar-refractivity contribution in [2.45, 2.75) is 64.0 Å². The van der Waals surface area contributed by atoms with Crippen LogP contribution in [-0.4, -0.2) is 46.5 Å². The van der Waals surface area contributed by atoms with Crippen LogP contribution < -0.4 is 5.32 Å². The Hall–Kier alpha value is -2.95. The van der Waals surface area contributed by atoms with Gasteiger partial charge in [0, 0.05) is 18.2 Å². The largest absolute Gasteiger partial charge is 0.477 e. The van der Waals surface area contributed by atoms with Gasteiger partial charge >= 0.3 is 17.8 Å². The highest BCUT2D eigenvalue weighted by molar-refractivity contribution is 5.92. The van der Waals surface area contributed by atoms with Gasteiger partial charge in [-0.2, -0.15) is 17.6 Å². The molecule has 1 fully saturated rings. The second-order valence-electron chi connectivity index (χ2n) is 8.56. The molecule has 1 aromatic carbocycles. The van der Waals surface area contributed by atoms with E-state index < -0.39 is 29.8 Å². The zero-order valence-electron chi connectivity index (χ0n) is 18.7. The second-order valence-corrected chi connectivity index (χ2v) is 8.56. The highest BCUT2D eigenvalue weighted by Crippen LogP contribution is 2.35. The maximum atomic E-state index is 13.7. The molecule has 0 saturated heterocycles. The van der Waals surface area contributed by atoms with Gasteiger partial charge in [-0.1, -0.05) is 24.1 Å². The molecule has 1 heterocycles. The van der Waals surface area contributed by atoms with Crippen LogP contribution >= 0.6 is 0 Å². The molecular weight excluding hydrogens is 460 g/mol. The molecule has 0 bridgehead atoms. The Morgan fingerprint density at radius 2 is 1.94 bits per heavy atom. The van der Waals surface area contributed by atoms with E-state index in [1.807, 2.05) is 36.5 Å². The van der Waals surface area contributed by atoms with Crippen LogP contribution in [0.2, 0.25) is 0 Å². The number of carboxylic acid groups (broad SMARTS) is 1. The van der Waals surface area contributed by atoms with Crippen LogP contribution in [0.25, 0.3) is 11.5 Å². The predicted molar refractivity (Wildman–Crippen MR) is 112 cm³/mol. The summed E-state index contributed by atoms with van der Waals surface area (Å²) in [5.74, 6) is -15.2. The summed E-state index contributed by atoms with van der Waals surface area (Å²) >= 11 is 0. The summed E-state index contributed by atoms with van der Waals surface area (Å²) in [6.07, 6.45) is 1.84. The average molecular weight is 486 g/mol. The number of nitrogens with zero attached hydrogens (tertiary/aromatic N) is 1. The van der Waals surface area contributed by atoms with Crippen LogP contribution in [0, 0.1) is 19.8 Å². The van der Waals surface area contributed by atoms with E-state index in [1.165, 1.54) is 0 Å². The first-order valence-electron chi connectivity index (χ1n) is 10.8. The lowest BCUT2D eigenvalue weighted by Crippen LogP contribution is -2.58. The van der Waals surface area contributed by atoms with Crippen LogP contribution in [0.15, 0.2) is 28.7 Å². The zero-order valence-corrected chi connectivity index (χ0v) is 18.7. The maximum absolute atomic E-state index is 13.7. The number of carbonyl (C=O) groups is 2. The van der Waals surface area contributed by atoms with E-state index in [4.69, 9.17) is 14.3 Å². The van der Waals surface area contributed by atoms with Gasteiger partial charge in [0.25, 0.3) is 5.91 Å². The summed E-state index contributed by atoms with van der Waals surface area (Å²) in [6.45, 7) is 4.14. The third kappa shape index (κ3) is 5.57. The number of rotatable bonds is 9. The summed E-state index contributed by atoms with van der Waals surface area (Å²) in [5.41, 5.74) is 2.52. The molecular formula is C23H26F4N2O5. The highest BCUT2D eigenvalue weighted by Gasteiger charge is 2.67. The molecule has 0 radical (unpaired) electrons. The van der Waals surface area contributed by atoms with Crippen molar-refractivity contribution in [3.05, 3.63) is 41.3 Å². The number of hydrogen-bond acceptors (Lipinski definition) is 5. The molecule has 7 nitrogen and oxygen atoms in total. The van der Waals surface area contributed by atoms with E-state index in [9.17, 15) is 27.2 Å². The first-order chi connectivity index (χ1) is 15.9. The molecule has 1 aliphatic carbocycles. The van der Waals surface area contributed by atoms with Crippen molar-refractivity contribution in [1.82, 2.24) is 10.3 Å². The Kier molecular flexibility index (Phi) is 7.64. The van der Waals surface area contributed by atoms with E-state index in [0.29, 0.717) is 36.6 Å². The molecule has 1 aliphatic rings. The number of carboxylic acids is 1. The molecule has 11 heteroatoms. The van der Waals surface area contributed by atoms with Crippen molar-refractivity contribution in [3.8, 4) is 11.5 Å². The molecule has 3 rings (SSSR count). The fourth-order valence-electron chi connectivity index (χ4n) is 3.91. The molecule has 186 valence electrons. The smallest absolute Gasteiger partial charge is 0.413 e. The lowest BCUT2D eigenvalue weighted by Gasteiger charge is -2.31. The first-order valence-corrected chi connectivity index (χ1v) is 10.8. The van der Waals surface area contributed by atoms with Crippen molar-refractivity contribution in [1.29, 1.82) is 0 Å². The topological polar surface area (TPSA) is 102 Å². The number of alkyl halides is 4. The minimum absolute atomic E-state index is 0.101. The zero-order chi connectivity index (χ0) is 25.1. The molecule has 1 amide bonds. The van der Waals surface area contributed by atoms with Gasteiger partial charge in [-0.05, 0) is 51.2 Å². The van der Waals surface area contributed by atoms with Gasteiger partial charge in [-0.25, -0.2) is 9.78 Å². The van der Waals surface area contributed by atoms with Crippen LogP contribution in [0.3, 0.4) is 0 Å². The van der Waals surface area contributed by atoms with Gasteiger partial charge in [0.15, 0.2) is 0 Å². The van der Waals surface area contributed by atoms with E-state index in [-0.39, 0.29) is 25.6 Å². The number of aliphatic carboxylic acids is 1. The third-order valence-electron chi connectivity index (χ3n) is 5.82. The molecule has 1 saturated carbocycles. The van der Waals surface area contributed by atoms with Gasteiger partial charge in [0.1, 0.15) is 11.5 Å². The Morgan fingerprint density at radius 1 is 1.21 bits per heavy atom. The van der Waals surface area contributed by atoms with Crippen molar-refractivity contribution in [3.63, 3.8) is 0 Å². The van der Waals surface area contributed by atoms with Gasteiger partial charge < -0.3 is 19.6 Å². The fourth-order valence-corrected chi connectivity index (χ4v) is 3.91. The minimum Gasteiger partial charge on any atom is -0.477 e. The summed E-state index contributed by atoms with van der Waals surface area (Å²) in [5, 5.41) is 10.2. The molecule has 0 spiro atoms. The number of nitrogens with one attached hydrogen (secondary N) is 1. The SMILES string of the molecule is Cc1cccc(-c2nc(COCC3CCCC(NC(=O)C(F)(F)C(F)(F)C(=O)O)C3)c(C)o2)c1. The second kappa shape index (κ2) is 10.1. The number of aryl methyl sites for hydroxylation is 2. The molecule has 2 aromatic rings. The molecule has 2 N–H and O–H groups in total. The number of halogens is 4. The summed E-state index contributed by atoms with van der Waals surface area (Å²) in [4.78, 5) is 26.6. The number of hydrogen-bond donors (Lipinski definition) is 2. The molecule has 1 aromatic heterocycles. The van der Waals surface area contributed by atoms with Crippen LogP contribution in [0.1, 0.15) is 42.7 Å². The number of amides is 1. The van der Waals surface area contributed by atoms with Crippen molar-refractivity contribution in [2.75, 3.05) is 6.61 Å². The van der Waals surface area contributed by atoms with Crippen LogP contribution in [0.5, 0.6) is 0 Å². The monoisotopic (exact) mass is 486 g/mol. The fraction of sp³-hybridized carbons (Fsp3) is 0.522. The number of carbonyl (C=O) groups excluding carboxylic acids is 1. The van der Waals surface area contributed by atoms with Crippen molar-refractivity contribution in [2.24, 2.45) is 5.92 Å². The van der Waals surface area contributed by atoms with Gasteiger partial charge in [0.2, 0.25) is 5.89 Å². The van der Waals surface area contributed by atoms with E-state index in [2.05, 4.69) is 4.98 Å². The Morgan fingerprint density at radius 3 is 2.62 bits per heavy atom. The molecule has 2 unspecified atom stereocenters. The lowest BCUT2D eigenvalue weighted by molar-refractivity contribution is -0.222. The summed E-state index contributed by atoms with van der Waals surface area (Å²) in [6, 6.07) is 6.91. The number of benzene rings is 1. The van der Waals surface area contributed by atoms with Crippen LogP contribution in [0.4, 0.5) is 17.6 Å². The Balaban J connectivity index is 1.52. The summed E-state index contributed by atoms with van der Waals surface area (Å²) < 4.78 is 65.3. The molecule has 2 atom stereocenters. The quantitative estimate of drug-likeness (QED) is 0.506. The van der Waals surface area contributed by atoms with E-state index >= 15 is 0 Å². The van der Waals surface area contributed by atoms with Gasteiger partial charge in [-0.3, -0.25) is 4.79 Å². The normalized spacial score (nSPS) is 19.1. The molecule has 0 aliphatic heterocycles. The van der Waals surface area contributed by atoms with Crippen molar-refractivity contribution < 1.29 is 41.4 Å². The maximum Gasteiger partial charge on any atom is 0.413 e. The molecule has 34 heavy (non-hydrogen) atoms. The number of oxazole rings is 1. The van der Waals surface area contributed by atoms with Crippen molar-refractivity contribution >= 4 is 11.9 Å². The lowest BCUT2D eigenvalue weighted by atomic mass is 9.86. The summed E-state index contributed by atoms with van der Waals surface area (Å²) in [7, 11) is 0. The van der Waals surface area contributed by atoms with Gasteiger partial charge in [-0.15, -0.1) is 0 Å².